The molecule has 0 aliphatic carbocycles. The molecular weight excluding hydrogens is 431 g/mol. The van der Waals surface area contributed by atoms with Gasteiger partial charge in [-0.15, -0.1) is 0 Å². The van der Waals surface area contributed by atoms with E-state index < -0.39 is 5.60 Å². The van der Waals surface area contributed by atoms with E-state index in [1.54, 1.807) is 6.07 Å². The lowest BCUT2D eigenvalue weighted by Crippen LogP contribution is -2.33. The van der Waals surface area contributed by atoms with Gasteiger partial charge in [-0.25, -0.2) is 9.18 Å². The van der Waals surface area contributed by atoms with Crippen molar-refractivity contribution in [1.82, 2.24) is 5.32 Å². The molecule has 5 nitrogen and oxygen atoms in total. The van der Waals surface area contributed by atoms with E-state index in [-0.39, 0.29) is 11.9 Å². The topological polar surface area (TPSA) is 73.6 Å². The standard InChI is InChI=1S/C14H13FO.C8H18N2O2.C4H10.C2H6/c1-11-7-8-14(13(15)9-11)16-10-12-5-3-2-4-6-12;1-8(2,3)12-7(11)10-6-4-5-9;1-3-4-2;1-2/h2-9H,10H2,1H3;4-6,9H2,1-3H3,(H,10,11);3-4H2,1-2H3;1-2H3. The third kappa shape index (κ3) is 20.0. The Kier molecular flexibility index (Phi) is 20.7. The predicted octanol–water partition coefficient (Wildman–Crippen LogP) is 7.41. The van der Waals surface area contributed by atoms with Gasteiger partial charge in [0.25, 0.3) is 0 Å². The lowest BCUT2D eigenvalue weighted by molar-refractivity contribution is 0.0527. The SMILES string of the molecule is CC.CC(C)(C)OC(=O)NCCCN.CCCC.Cc1ccc(OCc2ccccc2)c(F)c1. The Morgan fingerprint density at radius 1 is 1.03 bits per heavy atom. The van der Waals surface area contributed by atoms with Crippen LogP contribution in [-0.2, 0) is 11.3 Å². The van der Waals surface area contributed by atoms with Crippen molar-refractivity contribution in [2.45, 2.75) is 86.9 Å². The van der Waals surface area contributed by atoms with Crippen LogP contribution in [0, 0.1) is 12.7 Å². The number of rotatable bonds is 7. The molecule has 2 aromatic rings. The molecule has 194 valence electrons. The largest absolute Gasteiger partial charge is 0.486 e. The second-order valence-electron chi connectivity index (χ2n) is 8.28. The van der Waals surface area contributed by atoms with E-state index in [0.717, 1.165) is 17.5 Å². The van der Waals surface area contributed by atoms with Crippen molar-refractivity contribution in [2.24, 2.45) is 5.73 Å². The Morgan fingerprint density at radius 2 is 1.62 bits per heavy atom. The maximum atomic E-state index is 13.4. The number of halogens is 1. The zero-order valence-corrected chi connectivity index (χ0v) is 22.5. The monoisotopic (exact) mass is 478 g/mol. The maximum absolute atomic E-state index is 13.4. The van der Waals surface area contributed by atoms with Gasteiger partial charge in [0.1, 0.15) is 12.2 Å². The minimum absolute atomic E-state index is 0.300. The first-order chi connectivity index (χ1) is 16.1. The molecule has 3 N–H and O–H groups in total. The highest BCUT2D eigenvalue weighted by molar-refractivity contribution is 5.67. The lowest BCUT2D eigenvalue weighted by atomic mass is 10.2. The van der Waals surface area contributed by atoms with Gasteiger partial charge in [0, 0.05) is 6.54 Å². The Balaban J connectivity index is 0. The molecular formula is C28H47FN2O3. The number of nitrogens with one attached hydrogen (secondary N) is 1. The number of amides is 1. The average Bonchev–Trinajstić information content (AvgIpc) is 2.80. The summed E-state index contributed by atoms with van der Waals surface area (Å²) in [5.41, 5.74) is 6.75. The zero-order valence-electron chi connectivity index (χ0n) is 22.5. The summed E-state index contributed by atoms with van der Waals surface area (Å²) in [6, 6.07) is 14.7. The van der Waals surface area contributed by atoms with Crippen LogP contribution in [-0.4, -0.2) is 24.8 Å². The number of nitrogens with two attached hydrogens (primary N) is 1. The van der Waals surface area contributed by atoms with Crippen LogP contribution in [0.25, 0.3) is 0 Å². The van der Waals surface area contributed by atoms with Gasteiger partial charge in [-0.05, 0) is 63.9 Å². The van der Waals surface area contributed by atoms with Crippen molar-refractivity contribution >= 4 is 6.09 Å². The van der Waals surface area contributed by atoms with Gasteiger partial charge in [-0.3, -0.25) is 0 Å². The van der Waals surface area contributed by atoms with Crippen molar-refractivity contribution in [3.8, 4) is 5.75 Å². The highest BCUT2D eigenvalue weighted by Crippen LogP contribution is 2.19. The molecule has 2 aromatic carbocycles. The lowest BCUT2D eigenvalue weighted by Gasteiger charge is -2.19. The van der Waals surface area contributed by atoms with Gasteiger partial charge in [-0.2, -0.15) is 0 Å². The highest BCUT2D eigenvalue weighted by atomic mass is 19.1. The average molecular weight is 479 g/mol. The molecule has 6 heteroatoms. The number of ether oxygens (including phenoxy) is 2. The normalized spacial score (nSPS) is 9.71. The molecule has 0 atom stereocenters. The first-order valence-electron chi connectivity index (χ1n) is 12.2. The van der Waals surface area contributed by atoms with E-state index in [0.29, 0.717) is 25.4 Å². The van der Waals surface area contributed by atoms with Crippen molar-refractivity contribution in [1.29, 1.82) is 0 Å². The van der Waals surface area contributed by atoms with Crippen molar-refractivity contribution in [3.63, 3.8) is 0 Å². The van der Waals surface area contributed by atoms with Crippen LogP contribution in [0.4, 0.5) is 9.18 Å². The number of benzene rings is 2. The molecule has 34 heavy (non-hydrogen) atoms. The van der Waals surface area contributed by atoms with Gasteiger partial charge in [0.2, 0.25) is 0 Å². The third-order valence-electron chi connectivity index (χ3n) is 3.87. The summed E-state index contributed by atoms with van der Waals surface area (Å²) in [5.74, 6) is -0.00890. The molecule has 1 amide bonds. The fourth-order valence-corrected chi connectivity index (χ4v) is 2.06. The maximum Gasteiger partial charge on any atom is 0.407 e. The quantitative estimate of drug-likeness (QED) is 0.406. The molecule has 0 bridgehead atoms. The molecule has 0 saturated carbocycles. The second kappa shape index (κ2) is 21.0. The van der Waals surface area contributed by atoms with Crippen molar-refractivity contribution in [2.75, 3.05) is 13.1 Å². The molecule has 0 fully saturated rings. The van der Waals surface area contributed by atoms with Gasteiger partial charge < -0.3 is 20.5 Å². The molecule has 0 aromatic heterocycles. The van der Waals surface area contributed by atoms with Crippen LogP contribution in [0.15, 0.2) is 48.5 Å². The van der Waals surface area contributed by atoms with E-state index in [1.165, 1.54) is 18.9 Å². The summed E-state index contributed by atoms with van der Waals surface area (Å²) in [6.45, 7) is 17.2. The van der Waals surface area contributed by atoms with Crippen molar-refractivity contribution < 1.29 is 18.7 Å². The Hall–Kier alpha value is -2.60. The van der Waals surface area contributed by atoms with Crippen LogP contribution in [0.2, 0.25) is 0 Å². The molecule has 0 aliphatic rings. The summed E-state index contributed by atoms with van der Waals surface area (Å²) >= 11 is 0. The van der Waals surface area contributed by atoms with Gasteiger partial charge in [0.05, 0.1) is 0 Å². The third-order valence-corrected chi connectivity index (χ3v) is 3.87. The van der Waals surface area contributed by atoms with Crippen LogP contribution >= 0.6 is 0 Å². The molecule has 0 radical (unpaired) electrons. The summed E-state index contributed by atoms with van der Waals surface area (Å²) in [7, 11) is 0. The van der Waals surface area contributed by atoms with E-state index in [9.17, 15) is 9.18 Å². The Labute approximate surface area is 207 Å². The summed E-state index contributed by atoms with van der Waals surface area (Å²) in [5, 5.41) is 2.60. The predicted molar refractivity (Wildman–Crippen MR) is 142 cm³/mol. The number of alkyl carbamates (subject to hydrolysis) is 1. The number of carbonyl (C=O) groups excluding carboxylic acids is 1. The van der Waals surface area contributed by atoms with E-state index in [4.69, 9.17) is 15.2 Å². The van der Waals surface area contributed by atoms with Crippen LogP contribution in [0.3, 0.4) is 0 Å². The number of hydrogen-bond acceptors (Lipinski definition) is 4. The highest BCUT2D eigenvalue weighted by Gasteiger charge is 2.15. The molecule has 0 heterocycles. The Bertz CT molecular complexity index is 745. The van der Waals surface area contributed by atoms with E-state index >= 15 is 0 Å². The first-order valence-corrected chi connectivity index (χ1v) is 12.2. The fourth-order valence-electron chi connectivity index (χ4n) is 2.06. The number of carbonyl (C=O) groups is 1. The molecule has 2 rings (SSSR count). The zero-order chi connectivity index (χ0) is 26.4. The fraction of sp³-hybridized carbons (Fsp3) is 0.536. The van der Waals surface area contributed by atoms with E-state index in [1.807, 2.05) is 77.9 Å². The van der Waals surface area contributed by atoms with Gasteiger partial charge in [0.15, 0.2) is 11.6 Å². The van der Waals surface area contributed by atoms with Crippen LogP contribution < -0.4 is 15.8 Å². The van der Waals surface area contributed by atoms with Crippen molar-refractivity contribution in [3.05, 3.63) is 65.5 Å². The van der Waals surface area contributed by atoms with E-state index in [2.05, 4.69) is 19.2 Å². The number of aryl methyl sites for hydroxylation is 1. The summed E-state index contributed by atoms with van der Waals surface area (Å²) in [6.07, 6.45) is 3.04. The molecule has 0 aliphatic heterocycles. The molecule has 0 unspecified atom stereocenters. The Morgan fingerprint density at radius 3 is 2.09 bits per heavy atom. The van der Waals surface area contributed by atoms with Gasteiger partial charge in [-0.1, -0.05) is 76.9 Å². The van der Waals surface area contributed by atoms with Gasteiger partial charge >= 0.3 is 6.09 Å². The minimum Gasteiger partial charge on any atom is -0.486 e. The molecule has 0 spiro atoms. The summed E-state index contributed by atoms with van der Waals surface area (Å²) in [4.78, 5) is 11.0. The number of unbranched alkanes of at least 4 members (excludes halogenated alkanes) is 1. The first kappa shape index (κ1) is 33.6. The second-order valence-corrected chi connectivity index (χ2v) is 8.28. The minimum atomic E-state index is -0.424. The smallest absolute Gasteiger partial charge is 0.407 e. The van der Waals surface area contributed by atoms with Crippen LogP contribution in [0.1, 0.15) is 78.9 Å². The van der Waals surface area contributed by atoms with Crippen LogP contribution in [0.5, 0.6) is 5.75 Å². The molecule has 0 saturated heterocycles. The summed E-state index contributed by atoms with van der Waals surface area (Å²) < 4.78 is 23.8. The number of hydrogen-bond donors (Lipinski definition) is 2.